The van der Waals surface area contributed by atoms with Gasteiger partial charge >= 0.3 is 0 Å². The maximum absolute atomic E-state index is 12.9. The van der Waals surface area contributed by atoms with Crippen molar-refractivity contribution in [3.05, 3.63) is 12.2 Å². The van der Waals surface area contributed by atoms with Crippen LogP contribution in [-0.2, 0) is 14.3 Å². The third-order valence-electron chi connectivity index (χ3n) is 9.86. The van der Waals surface area contributed by atoms with Crippen LogP contribution >= 0.6 is 0 Å². The molecule has 0 aromatic rings. The average molecular weight is 700 g/mol. The van der Waals surface area contributed by atoms with Crippen molar-refractivity contribution < 1.29 is 39.8 Å². The van der Waals surface area contributed by atoms with E-state index in [1.165, 1.54) is 122 Å². The van der Waals surface area contributed by atoms with Gasteiger partial charge in [-0.15, -0.1) is 0 Å². The predicted molar refractivity (Wildman–Crippen MR) is 198 cm³/mol. The van der Waals surface area contributed by atoms with E-state index in [9.17, 15) is 30.3 Å². The summed E-state index contributed by atoms with van der Waals surface area (Å²) in [6.45, 7) is 3.75. The number of amides is 1. The molecule has 6 N–H and O–H groups in total. The van der Waals surface area contributed by atoms with Crippen LogP contribution in [0.2, 0.25) is 0 Å². The summed E-state index contributed by atoms with van der Waals surface area (Å²) in [5, 5.41) is 53.9. The van der Waals surface area contributed by atoms with Gasteiger partial charge in [0.15, 0.2) is 6.29 Å². The van der Waals surface area contributed by atoms with Crippen LogP contribution in [0.1, 0.15) is 181 Å². The topological polar surface area (TPSA) is 149 Å². The Morgan fingerprint density at radius 2 is 1.12 bits per heavy atom. The summed E-state index contributed by atoms with van der Waals surface area (Å²) >= 11 is 0. The molecule has 2 unspecified atom stereocenters. The molecule has 9 nitrogen and oxygen atoms in total. The van der Waals surface area contributed by atoms with Crippen molar-refractivity contribution in [2.45, 2.75) is 224 Å². The fraction of sp³-hybridized carbons (Fsp3) is 0.925. The third kappa shape index (κ3) is 23.2. The Bertz CT molecular complexity index is 781. The van der Waals surface area contributed by atoms with Gasteiger partial charge in [0.2, 0.25) is 5.91 Å². The van der Waals surface area contributed by atoms with Crippen LogP contribution in [0.15, 0.2) is 12.2 Å². The molecular weight excluding hydrogens is 622 g/mol. The molecule has 0 aromatic heterocycles. The number of allylic oxidation sites excluding steroid dienone is 1. The first-order valence-corrected chi connectivity index (χ1v) is 20.4. The number of ether oxygens (including phenoxy) is 2. The van der Waals surface area contributed by atoms with E-state index >= 15 is 0 Å². The van der Waals surface area contributed by atoms with Crippen LogP contribution in [0.3, 0.4) is 0 Å². The third-order valence-corrected chi connectivity index (χ3v) is 9.86. The SMILES string of the molecule is CCCCCCCCCCCCCCC/C=C/[C@@H](O)[C@H](CO[C@@H]1O[C@H](CO)[C@H](O)C(O)C1O)NC(=O)CCCCCCCCCCCCC. The zero-order valence-electron chi connectivity index (χ0n) is 31.5. The fourth-order valence-electron chi connectivity index (χ4n) is 6.51. The number of carbonyl (C=O) groups is 1. The van der Waals surface area contributed by atoms with E-state index in [0.29, 0.717) is 6.42 Å². The summed E-state index contributed by atoms with van der Waals surface area (Å²) in [7, 11) is 0. The average Bonchev–Trinajstić information content (AvgIpc) is 3.10. The second-order valence-corrected chi connectivity index (χ2v) is 14.4. The van der Waals surface area contributed by atoms with Crippen molar-refractivity contribution in [3.8, 4) is 0 Å². The molecule has 290 valence electrons. The monoisotopic (exact) mass is 700 g/mol. The van der Waals surface area contributed by atoms with Gasteiger partial charge in [-0.05, 0) is 19.3 Å². The number of carbonyl (C=O) groups excluding carboxylic acids is 1. The minimum absolute atomic E-state index is 0.178. The number of rotatable bonds is 33. The minimum atomic E-state index is -1.56. The number of aliphatic hydroxyl groups is 5. The van der Waals surface area contributed by atoms with E-state index in [1.54, 1.807) is 6.08 Å². The van der Waals surface area contributed by atoms with E-state index < -0.39 is 49.5 Å². The molecule has 9 heteroatoms. The highest BCUT2D eigenvalue weighted by atomic mass is 16.7. The second kappa shape index (κ2) is 31.6. The smallest absolute Gasteiger partial charge is 0.220 e. The van der Waals surface area contributed by atoms with Gasteiger partial charge in [0.25, 0.3) is 0 Å². The van der Waals surface area contributed by atoms with Crippen LogP contribution in [0.4, 0.5) is 0 Å². The molecule has 7 atom stereocenters. The Morgan fingerprint density at radius 1 is 0.673 bits per heavy atom. The lowest BCUT2D eigenvalue weighted by Gasteiger charge is -2.40. The Labute approximate surface area is 299 Å². The molecule has 49 heavy (non-hydrogen) atoms. The molecule has 1 saturated heterocycles. The molecule has 0 radical (unpaired) electrons. The van der Waals surface area contributed by atoms with Crippen molar-refractivity contribution in [1.29, 1.82) is 0 Å². The van der Waals surface area contributed by atoms with E-state index in [4.69, 9.17) is 9.47 Å². The van der Waals surface area contributed by atoms with E-state index in [-0.39, 0.29) is 12.5 Å². The Hall–Kier alpha value is -1.07. The molecule has 0 aliphatic carbocycles. The normalized spacial score (nSPS) is 22.5. The van der Waals surface area contributed by atoms with Gasteiger partial charge in [0.05, 0.1) is 25.4 Å². The van der Waals surface area contributed by atoms with E-state index in [1.807, 2.05) is 6.08 Å². The molecule has 1 rings (SSSR count). The predicted octanol–water partition coefficient (Wildman–Crippen LogP) is 7.39. The first kappa shape index (κ1) is 46.0. The van der Waals surface area contributed by atoms with Crippen molar-refractivity contribution in [1.82, 2.24) is 5.32 Å². The molecule has 1 aliphatic heterocycles. The lowest BCUT2D eigenvalue weighted by atomic mass is 9.99. The minimum Gasteiger partial charge on any atom is -0.394 e. The summed E-state index contributed by atoms with van der Waals surface area (Å²) in [5.74, 6) is -0.178. The molecule has 1 fully saturated rings. The second-order valence-electron chi connectivity index (χ2n) is 14.4. The van der Waals surface area contributed by atoms with Crippen LogP contribution in [0.5, 0.6) is 0 Å². The molecule has 1 aliphatic rings. The molecule has 1 heterocycles. The zero-order valence-corrected chi connectivity index (χ0v) is 31.5. The standard InChI is InChI=1S/C40H77NO8/c1-3-5-7-9-11-13-15-16-17-18-20-21-23-25-27-29-34(43)33(32-48-40-39(47)38(46)37(45)35(31-42)49-40)41-36(44)30-28-26-24-22-19-14-12-10-8-6-4-2/h27,29,33-35,37-40,42-43,45-47H,3-26,28,30-32H2,1-2H3,(H,41,44)/b29-27+/t33-,34+,35+,37-,38?,39?,40+/m0/s1. The number of aliphatic hydroxyl groups excluding tert-OH is 5. The Morgan fingerprint density at radius 3 is 1.59 bits per heavy atom. The van der Waals surface area contributed by atoms with Gasteiger partial charge in [0, 0.05) is 6.42 Å². The van der Waals surface area contributed by atoms with Crippen LogP contribution in [0, 0.1) is 0 Å². The quantitative estimate of drug-likeness (QED) is 0.0307. The summed E-state index contributed by atoms with van der Waals surface area (Å²) in [5.41, 5.74) is 0. The number of nitrogens with one attached hydrogen (secondary N) is 1. The highest BCUT2D eigenvalue weighted by Gasteiger charge is 2.44. The summed E-state index contributed by atoms with van der Waals surface area (Å²) < 4.78 is 11.2. The van der Waals surface area contributed by atoms with E-state index in [2.05, 4.69) is 19.2 Å². The summed E-state index contributed by atoms with van der Waals surface area (Å²) in [4.78, 5) is 12.9. The Balaban J connectivity index is 2.43. The molecule has 0 aromatic carbocycles. The first-order valence-electron chi connectivity index (χ1n) is 20.4. The van der Waals surface area contributed by atoms with Crippen molar-refractivity contribution in [2.75, 3.05) is 13.2 Å². The van der Waals surface area contributed by atoms with Crippen LogP contribution in [-0.4, -0.2) is 87.5 Å². The molecule has 0 saturated carbocycles. The van der Waals surface area contributed by atoms with Crippen LogP contribution < -0.4 is 5.32 Å². The maximum Gasteiger partial charge on any atom is 0.220 e. The van der Waals surface area contributed by atoms with E-state index in [0.717, 1.165) is 38.5 Å². The largest absolute Gasteiger partial charge is 0.394 e. The van der Waals surface area contributed by atoms with Gasteiger partial charge in [-0.25, -0.2) is 0 Å². The maximum atomic E-state index is 12.9. The Kier molecular flexibility index (Phi) is 29.7. The lowest BCUT2D eigenvalue weighted by molar-refractivity contribution is -0.302. The van der Waals surface area contributed by atoms with Crippen molar-refractivity contribution in [3.63, 3.8) is 0 Å². The zero-order chi connectivity index (χ0) is 36.0. The van der Waals surface area contributed by atoms with Gasteiger partial charge in [-0.1, -0.05) is 167 Å². The number of unbranched alkanes of at least 4 members (excludes halogenated alkanes) is 23. The molecule has 0 spiro atoms. The number of hydrogen-bond acceptors (Lipinski definition) is 8. The molecular formula is C40H77NO8. The van der Waals surface area contributed by atoms with Gasteiger partial charge in [-0.3, -0.25) is 4.79 Å². The van der Waals surface area contributed by atoms with Gasteiger partial charge < -0.3 is 40.3 Å². The summed E-state index contributed by atoms with van der Waals surface area (Å²) in [6, 6.07) is -0.796. The molecule has 1 amide bonds. The first-order chi connectivity index (χ1) is 23.8. The van der Waals surface area contributed by atoms with Gasteiger partial charge in [0.1, 0.15) is 24.4 Å². The lowest BCUT2D eigenvalue weighted by Crippen LogP contribution is -2.60. The highest BCUT2D eigenvalue weighted by Crippen LogP contribution is 2.22. The summed E-state index contributed by atoms with van der Waals surface area (Å²) in [6.07, 6.45) is 26.8. The van der Waals surface area contributed by atoms with Gasteiger partial charge in [-0.2, -0.15) is 0 Å². The molecule has 0 bridgehead atoms. The number of hydrogen-bond donors (Lipinski definition) is 6. The highest BCUT2D eigenvalue weighted by molar-refractivity contribution is 5.76. The van der Waals surface area contributed by atoms with Crippen molar-refractivity contribution in [2.24, 2.45) is 0 Å². The van der Waals surface area contributed by atoms with Crippen LogP contribution in [0.25, 0.3) is 0 Å². The van der Waals surface area contributed by atoms with Crippen molar-refractivity contribution >= 4 is 5.91 Å². The fourth-order valence-corrected chi connectivity index (χ4v) is 6.51.